The molecule has 0 aliphatic carbocycles. The number of nitrogens with zero attached hydrogens (tertiary/aromatic N) is 4. The highest BCUT2D eigenvalue weighted by atomic mass is 32.2. The van der Waals surface area contributed by atoms with Crippen LogP contribution in [0, 0.1) is 20.8 Å². The van der Waals surface area contributed by atoms with Gasteiger partial charge in [-0.15, -0.1) is 10.2 Å². The van der Waals surface area contributed by atoms with Crippen LogP contribution in [-0.2, 0) is 11.3 Å². The monoisotopic (exact) mass is 424 g/mol. The number of ketones is 1. The van der Waals surface area contributed by atoms with Crippen molar-refractivity contribution in [3.05, 3.63) is 58.7 Å². The van der Waals surface area contributed by atoms with Gasteiger partial charge in [0.2, 0.25) is 11.8 Å². The summed E-state index contributed by atoms with van der Waals surface area (Å²) in [6.45, 7) is 7.09. The largest absolute Gasteiger partial charge is 0.414 e. The number of thioether (sulfide) groups is 1. The van der Waals surface area contributed by atoms with Gasteiger partial charge in [-0.3, -0.25) is 9.59 Å². The Kier molecular flexibility index (Phi) is 5.76. The second-order valence-corrected chi connectivity index (χ2v) is 8.43. The van der Waals surface area contributed by atoms with Gasteiger partial charge in [-0.1, -0.05) is 30.0 Å². The quantitative estimate of drug-likeness (QED) is 0.423. The zero-order valence-corrected chi connectivity index (χ0v) is 18.2. The van der Waals surface area contributed by atoms with E-state index in [1.54, 1.807) is 4.90 Å². The van der Waals surface area contributed by atoms with E-state index in [2.05, 4.69) is 33.8 Å². The topological polar surface area (TPSA) is 81.2 Å². The van der Waals surface area contributed by atoms with Crippen LogP contribution in [0.15, 0.2) is 40.0 Å². The summed E-state index contributed by atoms with van der Waals surface area (Å²) in [6, 6.07) is 10.1. The van der Waals surface area contributed by atoms with Crippen molar-refractivity contribution in [1.82, 2.24) is 19.7 Å². The smallest absolute Gasteiger partial charge is 0.277 e. The second kappa shape index (κ2) is 8.47. The minimum absolute atomic E-state index is 0.0161. The molecule has 7 nitrogen and oxygen atoms in total. The molecule has 0 bridgehead atoms. The van der Waals surface area contributed by atoms with Gasteiger partial charge in [0.05, 0.1) is 12.3 Å². The maximum absolute atomic E-state index is 12.9. The molecule has 0 N–H and O–H groups in total. The zero-order valence-electron chi connectivity index (χ0n) is 17.3. The number of carbonyl (C=O) groups excluding carboxylic acids is 2. The molecule has 0 spiro atoms. The van der Waals surface area contributed by atoms with Crippen LogP contribution in [0.2, 0.25) is 0 Å². The van der Waals surface area contributed by atoms with E-state index in [9.17, 15) is 9.59 Å². The first kappa shape index (κ1) is 20.4. The fraction of sp³-hybridized carbons (Fsp3) is 0.364. The lowest BCUT2D eigenvalue weighted by Gasteiger charge is -2.12. The van der Waals surface area contributed by atoms with Crippen LogP contribution >= 0.6 is 11.8 Å². The van der Waals surface area contributed by atoms with Crippen LogP contribution < -0.4 is 0 Å². The number of hydrogen-bond donors (Lipinski definition) is 0. The minimum Gasteiger partial charge on any atom is -0.414 e. The van der Waals surface area contributed by atoms with E-state index in [0.717, 1.165) is 35.6 Å². The number of hydrogen-bond acceptors (Lipinski definition) is 6. The maximum atomic E-state index is 12.9. The second-order valence-electron chi connectivity index (χ2n) is 7.50. The van der Waals surface area contributed by atoms with E-state index in [1.807, 2.05) is 32.0 Å². The number of aromatic nitrogens is 3. The highest BCUT2D eigenvalue weighted by Gasteiger charge is 2.23. The molecule has 0 atom stereocenters. The van der Waals surface area contributed by atoms with E-state index in [-0.39, 0.29) is 17.4 Å². The fourth-order valence-electron chi connectivity index (χ4n) is 3.83. The molecule has 8 heteroatoms. The molecule has 1 saturated heterocycles. The van der Waals surface area contributed by atoms with Gasteiger partial charge in [0.15, 0.2) is 5.78 Å². The van der Waals surface area contributed by atoms with E-state index >= 15 is 0 Å². The predicted molar refractivity (Wildman–Crippen MR) is 114 cm³/mol. The molecule has 156 valence electrons. The number of benzene rings is 1. The van der Waals surface area contributed by atoms with Crippen molar-refractivity contribution in [1.29, 1.82) is 0 Å². The number of Topliss-reactive ketones (excluding diaryl/α,β-unsaturated/α-hetero) is 1. The van der Waals surface area contributed by atoms with Crippen LogP contribution in [0.4, 0.5) is 0 Å². The Balaban J connectivity index is 1.43. The Morgan fingerprint density at radius 1 is 1.20 bits per heavy atom. The Labute approximate surface area is 179 Å². The third kappa shape index (κ3) is 4.05. The van der Waals surface area contributed by atoms with Crippen molar-refractivity contribution in [2.75, 3.05) is 12.3 Å². The zero-order chi connectivity index (χ0) is 21.3. The van der Waals surface area contributed by atoms with Crippen molar-refractivity contribution in [3.63, 3.8) is 0 Å². The van der Waals surface area contributed by atoms with Crippen molar-refractivity contribution < 1.29 is 14.0 Å². The van der Waals surface area contributed by atoms with Gasteiger partial charge < -0.3 is 13.9 Å². The van der Waals surface area contributed by atoms with Gasteiger partial charge in [-0.05, 0) is 44.9 Å². The first-order valence-corrected chi connectivity index (χ1v) is 10.9. The average Bonchev–Trinajstić information content (AvgIpc) is 3.41. The highest BCUT2D eigenvalue weighted by Crippen LogP contribution is 2.26. The molecule has 0 unspecified atom stereocenters. The minimum atomic E-state index is 0.0161. The van der Waals surface area contributed by atoms with E-state index in [4.69, 9.17) is 4.42 Å². The number of rotatable bonds is 7. The summed E-state index contributed by atoms with van der Waals surface area (Å²) < 4.78 is 7.73. The third-order valence-corrected chi connectivity index (χ3v) is 6.18. The summed E-state index contributed by atoms with van der Waals surface area (Å²) in [5, 5.41) is 8.35. The molecule has 30 heavy (non-hydrogen) atoms. The van der Waals surface area contributed by atoms with Crippen molar-refractivity contribution in [2.24, 2.45) is 0 Å². The first-order valence-electron chi connectivity index (χ1n) is 9.95. The van der Waals surface area contributed by atoms with Crippen molar-refractivity contribution >= 4 is 23.5 Å². The summed E-state index contributed by atoms with van der Waals surface area (Å²) in [6.07, 6.45) is 1.44. The van der Waals surface area contributed by atoms with Gasteiger partial charge in [-0.2, -0.15) is 0 Å². The van der Waals surface area contributed by atoms with Crippen molar-refractivity contribution in [3.8, 4) is 5.69 Å². The molecule has 1 aliphatic rings. The lowest BCUT2D eigenvalue weighted by molar-refractivity contribution is -0.128. The Bertz CT molecular complexity index is 1100. The standard InChI is InChI=1S/C22H24N4O3S/c1-14-7-4-5-8-18(14)26-15(2)11-17(16(26)3)19(27)13-30-22-24-23-20(29-22)12-25-10-6-9-21(25)28/h4-5,7-8,11H,6,9-10,12-13H2,1-3H3. The summed E-state index contributed by atoms with van der Waals surface area (Å²) in [4.78, 5) is 26.3. The lowest BCUT2D eigenvalue weighted by atomic mass is 10.1. The summed E-state index contributed by atoms with van der Waals surface area (Å²) in [5.74, 6) is 0.740. The average molecular weight is 425 g/mol. The summed E-state index contributed by atoms with van der Waals surface area (Å²) in [5.41, 5.74) is 4.88. The van der Waals surface area contributed by atoms with E-state index < -0.39 is 0 Å². The molecule has 1 fully saturated rings. The molecule has 0 saturated carbocycles. The van der Waals surface area contributed by atoms with Gasteiger partial charge >= 0.3 is 0 Å². The molecular formula is C22H24N4O3S. The van der Waals surface area contributed by atoms with Gasteiger partial charge in [-0.25, -0.2) is 0 Å². The molecule has 0 radical (unpaired) electrons. The molecule has 2 aromatic heterocycles. The molecule has 1 aromatic carbocycles. The van der Waals surface area contributed by atoms with Gasteiger partial charge in [0.1, 0.15) is 0 Å². The first-order chi connectivity index (χ1) is 14.4. The van der Waals surface area contributed by atoms with Gasteiger partial charge in [0, 0.05) is 35.6 Å². The van der Waals surface area contributed by atoms with Gasteiger partial charge in [0.25, 0.3) is 5.22 Å². The molecule has 3 aromatic rings. The SMILES string of the molecule is Cc1ccccc1-n1c(C)cc(C(=O)CSc2nnc(CN3CCCC3=O)o2)c1C. The van der Waals surface area contributed by atoms with Crippen LogP contribution in [-0.4, -0.2) is 43.7 Å². The normalized spacial score (nSPS) is 14.0. The Morgan fingerprint density at radius 3 is 2.73 bits per heavy atom. The van der Waals surface area contributed by atoms with Crippen molar-refractivity contribution in [2.45, 2.75) is 45.4 Å². The van der Waals surface area contributed by atoms with Crippen LogP contribution in [0.25, 0.3) is 5.69 Å². The van der Waals surface area contributed by atoms with Crippen LogP contribution in [0.3, 0.4) is 0 Å². The number of aryl methyl sites for hydroxylation is 2. The number of carbonyl (C=O) groups is 2. The number of amides is 1. The molecule has 1 amide bonds. The number of para-hydroxylation sites is 1. The number of likely N-dealkylation sites (tertiary alicyclic amines) is 1. The Morgan fingerprint density at radius 2 is 2.00 bits per heavy atom. The summed E-state index contributed by atoms with van der Waals surface area (Å²) in [7, 11) is 0. The van der Waals surface area contributed by atoms with E-state index in [0.29, 0.717) is 29.6 Å². The lowest BCUT2D eigenvalue weighted by Crippen LogP contribution is -2.23. The molecular weight excluding hydrogens is 400 g/mol. The van der Waals surface area contributed by atoms with E-state index in [1.165, 1.54) is 11.8 Å². The highest BCUT2D eigenvalue weighted by molar-refractivity contribution is 7.99. The predicted octanol–water partition coefficient (Wildman–Crippen LogP) is 3.88. The molecule has 4 rings (SSSR count). The maximum Gasteiger partial charge on any atom is 0.277 e. The van der Waals surface area contributed by atoms with Crippen LogP contribution in [0.5, 0.6) is 0 Å². The van der Waals surface area contributed by atoms with Crippen LogP contribution in [0.1, 0.15) is 46.0 Å². The Hall–Kier alpha value is -2.87. The summed E-state index contributed by atoms with van der Waals surface area (Å²) >= 11 is 1.22. The molecule has 1 aliphatic heterocycles. The molecule has 3 heterocycles. The fourth-order valence-corrected chi connectivity index (χ4v) is 4.49. The third-order valence-electron chi connectivity index (χ3n) is 5.36.